The van der Waals surface area contributed by atoms with Crippen LogP contribution in [-0.2, 0) is 22.6 Å². The summed E-state index contributed by atoms with van der Waals surface area (Å²) in [6.45, 7) is 5.07. The highest BCUT2D eigenvalue weighted by Gasteiger charge is 2.22. The van der Waals surface area contributed by atoms with E-state index >= 15 is 0 Å². The third-order valence-corrected chi connectivity index (χ3v) is 4.49. The number of benzene rings is 1. The minimum Gasteiger partial charge on any atom is -0.481 e. The van der Waals surface area contributed by atoms with Crippen LogP contribution in [0.1, 0.15) is 44.2 Å². The molecule has 0 saturated heterocycles. The van der Waals surface area contributed by atoms with E-state index in [1.165, 1.54) is 5.56 Å². The van der Waals surface area contributed by atoms with Crippen LogP contribution in [0, 0.1) is 0 Å². The molecule has 2 rings (SSSR count). The molecule has 1 aliphatic rings. The number of nitrogens with zero attached hydrogens (tertiary/aromatic N) is 1. The van der Waals surface area contributed by atoms with Crippen molar-refractivity contribution in [3.63, 3.8) is 0 Å². The first kappa shape index (κ1) is 19.8. The summed E-state index contributed by atoms with van der Waals surface area (Å²) >= 11 is 0. The van der Waals surface area contributed by atoms with Gasteiger partial charge in [-0.3, -0.25) is 9.59 Å². The maximum absolute atomic E-state index is 12.3. The van der Waals surface area contributed by atoms with Gasteiger partial charge >= 0.3 is 12.0 Å². The van der Waals surface area contributed by atoms with Gasteiger partial charge in [0.05, 0.1) is 0 Å². The van der Waals surface area contributed by atoms with Crippen LogP contribution < -0.4 is 10.6 Å². The van der Waals surface area contributed by atoms with Crippen molar-refractivity contribution < 1.29 is 19.5 Å². The molecule has 3 amide bonds. The lowest BCUT2D eigenvalue weighted by molar-refractivity contribution is -0.137. The molecule has 1 heterocycles. The molecule has 142 valence electrons. The topological polar surface area (TPSA) is 98.7 Å². The largest absolute Gasteiger partial charge is 0.481 e. The Balaban J connectivity index is 1.71. The van der Waals surface area contributed by atoms with Crippen molar-refractivity contribution in [3.8, 4) is 0 Å². The van der Waals surface area contributed by atoms with Crippen LogP contribution in [0.15, 0.2) is 24.3 Å². The summed E-state index contributed by atoms with van der Waals surface area (Å²) in [5, 5.41) is 14.3. The fraction of sp³-hybridized carbons (Fsp3) is 0.526. The molecule has 0 unspecified atom stereocenters. The molecule has 3 N–H and O–H groups in total. The van der Waals surface area contributed by atoms with Crippen LogP contribution in [0.5, 0.6) is 0 Å². The van der Waals surface area contributed by atoms with E-state index in [1.54, 1.807) is 18.7 Å². The van der Waals surface area contributed by atoms with Gasteiger partial charge in [-0.25, -0.2) is 4.79 Å². The molecule has 0 atom stereocenters. The van der Waals surface area contributed by atoms with Crippen molar-refractivity contribution in [1.82, 2.24) is 15.5 Å². The van der Waals surface area contributed by atoms with E-state index in [0.29, 0.717) is 19.5 Å². The van der Waals surface area contributed by atoms with Gasteiger partial charge in [-0.2, -0.15) is 0 Å². The van der Waals surface area contributed by atoms with E-state index in [4.69, 9.17) is 5.11 Å². The molecule has 0 spiro atoms. The van der Waals surface area contributed by atoms with Crippen LogP contribution >= 0.6 is 0 Å². The first-order chi connectivity index (χ1) is 12.3. The highest BCUT2D eigenvalue weighted by atomic mass is 16.4. The number of amides is 3. The summed E-state index contributed by atoms with van der Waals surface area (Å²) < 4.78 is 0. The Morgan fingerprint density at radius 1 is 1.15 bits per heavy atom. The summed E-state index contributed by atoms with van der Waals surface area (Å²) in [5.41, 5.74) is 1.85. The Bertz CT molecular complexity index is 673. The number of carbonyl (C=O) groups excluding carboxylic acids is 2. The van der Waals surface area contributed by atoms with Gasteiger partial charge in [-0.15, -0.1) is 0 Å². The minimum absolute atomic E-state index is 0.000446. The van der Waals surface area contributed by atoms with E-state index in [-0.39, 0.29) is 31.3 Å². The molecule has 0 aliphatic carbocycles. The van der Waals surface area contributed by atoms with Crippen LogP contribution in [0.2, 0.25) is 0 Å². The second-order valence-electron chi connectivity index (χ2n) is 7.25. The Morgan fingerprint density at radius 2 is 1.85 bits per heavy atom. The minimum atomic E-state index is -0.886. The average molecular weight is 361 g/mol. The third kappa shape index (κ3) is 6.06. The summed E-state index contributed by atoms with van der Waals surface area (Å²) in [4.78, 5) is 36.7. The van der Waals surface area contributed by atoms with Crippen molar-refractivity contribution in [2.75, 3.05) is 13.1 Å². The monoisotopic (exact) mass is 361 g/mol. The Morgan fingerprint density at radius 3 is 2.54 bits per heavy atom. The number of carbonyl (C=O) groups is 3. The fourth-order valence-corrected chi connectivity index (χ4v) is 2.99. The first-order valence-electron chi connectivity index (χ1n) is 8.89. The Labute approximate surface area is 153 Å². The predicted octanol–water partition coefficient (Wildman–Crippen LogP) is 1.90. The molecule has 1 aromatic carbocycles. The SMILES string of the molecule is CC(C)(CCC(=O)O)NC(=O)CCNC(=O)N1CCc2ccccc2C1. The van der Waals surface area contributed by atoms with Crippen molar-refractivity contribution >= 4 is 17.9 Å². The lowest BCUT2D eigenvalue weighted by Gasteiger charge is -2.29. The Kier molecular flexibility index (Phi) is 6.60. The lowest BCUT2D eigenvalue weighted by Crippen LogP contribution is -2.46. The maximum Gasteiger partial charge on any atom is 0.317 e. The molecule has 1 aliphatic heterocycles. The summed E-state index contributed by atoms with van der Waals surface area (Å²) in [5.74, 6) is -1.09. The quantitative estimate of drug-likeness (QED) is 0.691. The molecule has 1 aromatic rings. The molecule has 0 radical (unpaired) electrons. The number of hydrogen-bond donors (Lipinski definition) is 3. The normalized spacial score (nSPS) is 13.7. The van der Waals surface area contributed by atoms with Gasteiger partial charge < -0.3 is 20.6 Å². The molecular formula is C19H27N3O4. The smallest absolute Gasteiger partial charge is 0.317 e. The number of carboxylic acids is 1. The van der Waals surface area contributed by atoms with Gasteiger partial charge in [0.25, 0.3) is 0 Å². The summed E-state index contributed by atoms with van der Waals surface area (Å²) in [7, 11) is 0. The van der Waals surface area contributed by atoms with Crippen molar-refractivity contribution in [2.24, 2.45) is 0 Å². The van der Waals surface area contributed by atoms with E-state index < -0.39 is 11.5 Å². The van der Waals surface area contributed by atoms with Crippen LogP contribution in [-0.4, -0.2) is 46.5 Å². The van der Waals surface area contributed by atoms with Gasteiger partial charge in [-0.1, -0.05) is 24.3 Å². The second kappa shape index (κ2) is 8.69. The lowest BCUT2D eigenvalue weighted by atomic mass is 9.98. The second-order valence-corrected chi connectivity index (χ2v) is 7.25. The zero-order chi connectivity index (χ0) is 19.2. The standard InChI is InChI=1S/C19H27N3O4/c1-19(2,10-7-17(24)25)21-16(23)8-11-20-18(26)22-12-9-14-5-3-4-6-15(14)13-22/h3-6H,7-13H2,1-2H3,(H,20,26)(H,21,23)(H,24,25). The zero-order valence-corrected chi connectivity index (χ0v) is 15.4. The van der Waals surface area contributed by atoms with Crippen molar-refractivity contribution in [2.45, 2.75) is 51.6 Å². The molecular weight excluding hydrogens is 334 g/mol. The van der Waals surface area contributed by atoms with Gasteiger partial charge in [-0.05, 0) is 37.8 Å². The van der Waals surface area contributed by atoms with E-state index in [2.05, 4.69) is 16.7 Å². The van der Waals surface area contributed by atoms with Crippen LogP contribution in [0.3, 0.4) is 0 Å². The number of nitrogens with one attached hydrogen (secondary N) is 2. The number of carboxylic acid groups (broad SMARTS) is 1. The number of urea groups is 1. The number of aliphatic carboxylic acids is 1. The van der Waals surface area contributed by atoms with Crippen molar-refractivity contribution in [1.29, 1.82) is 0 Å². The van der Waals surface area contributed by atoms with E-state index in [0.717, 1.165) is 12.0 Å². The first-order valence-corrected chi connectivity index (χ1v) is 8.89. The molecule has 0 bridgehead atoms. The van der Waals surface area contributed by atoms with Crippen LogP contribution in [0.25, 0.3) is 0 Å². The summed E-state index contributed by atoms with van der Waals surface area (Å²) in [6.07, 6.45) is 1.35. The van der Waals surface area contributed by atoms with Crippen LogP contribution in [0.4, 0.5) is 4.79 Å². The van der Waals surface area contributed by atoms with Gasteiger partial charge in [0.2, 0.25) is 5.91 Å². The maximum atomic E-state index is 12.3. The predicted molar refractivity (Wildman–Crippen MR) is 97.7 cm³/mol. The number of rotatable bonds is 7. The summed E-state index contributed by atoms with van der Waals surface area (Å²) in [6, 6.07) is 7.92. The molecule has 7 nitrogen and oxygen atoms in total. The molecule has 26 heavy (non-hydrogen) atoms. The highest BCUT2D eigenvalue weighted by Crippen LogP contribution is 2.18. The van der Waals surface area contributed by atoms with Gasteiger partial charge in [0, 0.05) is 38.0 Å². The zero-order valence-electron chi connectivity index (χ0n) is 15.4. The van der Waals surface area contributed by atoms with Crippen molar-refractivity contribution in [3.05, 3.63) is 35.4 Å². The number of hydrogen-bond acceptors (Lipinski definition) is 3. The fourth-order valence-electron chi connectivity index (χ4n) is 2.99. The van der Waals surface area contributed by atoms with Gasteiger partial charge in [0.15, 0.2) is 0 Å². The third-order valence-electron chi connectivity index (χ3n) is 4.49. The molecule has 7 heteroatoms. The number of fused-ring (bicyclic) bond motifs is 1. The van der Waals surface area contributed by atoms with E-state index in [1.807, 2.05) is 18.2 Å². The Hall–Kier alpha value is -2.57. The molecule has 0 fully saturated rings. The van der Waals surface area contributed by atoms with E-state index in [9.17, 15) is 14.4 Å². The molecule has 0 saturated carbocycles. The average Bonchev–Trinajstić information content (AvgIpc) is 2.59. The molecule has 0 aromatic heterocycles. The highest BCUT2D eigenvalue weighted by molar-refractivity contribution is 5.79. The van der Waals surface area contributed by atoms with Gasteiger partial charge in [0.1, 0.15) is 0 Å².